The molecule has 1 saturated heterocycles. The molecule has 0 bridgehead atoms. The third kappa shape index (κ3) is 2.97. The first-order valence-electron chi connectivity index (χ1n) is 6.58. The van der Waals surface area contributed by atoms with Gasteiger partial charge in [0.15, 0.2) is 0 Å². The van der Waals surface area contributed by atoms with Gasteiger partial charge in [-0.3, -0.25) is 0 Å². The molecule has 0 aromatic heterocycles. The number of hydrogen-bond donors (Lipinski definition) is 0. The van der Waals surface area contributed by atoms with Gasteiger partial charge in [-0.1, -0.05) is 22.9 Å². The van der Waals surface area contributed by atoms with Gasteiger partial charge in [-0.25, -0.2) is 0 Å². The van der Waals surface area contributed by atoms with Crippen molar-refractivity contribution in [2.75, 3.05) is 23.4 Å². The molecule has 94 valence electrons. The van der Waals surface area contributed by atoms with Crippen LogP contribution in [0.4, 0.5) is 0 Å². The molecule has 2 aliphatic rings. The van der Waals surface area contributed by atoms with E-state index in [0.717, 1.165) is 17.9 Å². The summed E-state index contributed by atoms with van der Waals surface area (Å²) < 4.78 is 6.00. The van der Waals surface area contributed by atoms with Crippen molar-refractivity contribution in [2.24, 2.45) is 11.3 Å². The van der Waals surface area contributed by atoms with Gasteiger partial charge in [0.1, 0.15) is 0 Å². The molecule has 0 N–H and O–H groups in total. The average molecular weight is 307 g/mol. The molecule has 1 heterocycles. The van der Waals surface area contributed by atoms with E-state index in [9.17, 15) is 0 Å². The van der Waals surface area contributed by atoms with Crippen molar-refractivity contribution in [3.05, 3.63) is 0 Å². The van der Waals surface area contributed by atoms with Crippen LogP contribution in [0.1, 0.15) is 39.0 Å². The summed E-state index contributed by atoms with van der Waals surface area (Å²) in [5.74, 6) is 3.46. The first-order chi connectivity index (χ1) is 7.82. The Bertz CT molecular complexity index is 220. The predicted molar refractivity (Wildman–Crippen MR) is 75.5 cm³/mol. The molecule has 1 saturated carbocycles. The quantitative estimate of drug-likeness (QED) is 0.517. The second-order valence-corrected chi connectivity index (χ2v) is 7.13. The van der Waals surface area contributed by atoms with E-state index in [2.05, 4.69) is 34.6 Å². The Hall–Kier alpha value is 0.790. The maximum atomic E-state index is 6.00. The van der Waals surface area contributed by atoms with Crippen LogP contribution in [0.2, 0.25) is 0 Å². The number of halogens is 1. The molecule has 0 amide bonds. The third-order valence-corrected chi connectivity index (χ3v) is 6.09. The van der Waals surface area contributed by atoms with Crippen LogP contribution in [0.25, 0.3) is 0 Å². The lowest BCUT2D eigenvalue weighted by atomic mass is 9.77. The Labute approximate surface area is 112 Å². The number of ether oxygens (including phenoxy) is 1. The van der Waals surface area contributed by atoms with Crippen LogP contribution in [0, 0.1) is 11.3 Å². The monoisotopic (exact) mass is 306 g/mol. The zero-order valence-corrected chi connectivity index (χ0v) is 12.6. The Morgan fingerprint density at radius 2 is 2.25 bits per heavy atom. The van der Waals surface area contributed by atoms with Crippen LogP contribution < -0.4 is 0 Å². The van der Waals surface area contributed by atoms with Crippen LogP contribution in [0.3, 0.4) is 0 Å². The highest BCUT2D eigenvalue weighted by Crippen LogP contribution is 2.50. The summed E-state index contributed by atoms with van der Waals surface area (Å²) in [5, 5.41) is 1.14. The van der Waals surface area contributed by atoms with Crippen LogP contribution in [-0.4, -0.2) is 29.5 Å². The molecule has 1 aliphatic heterocycles. The van der Waals surface area contributed by atoms with Gasteiger partial charge in [0, 0.05) is 17.4 Å². The van der Waals surface area contributed by atoms with E-state index in [1.54, 1.807) is 0 Å². The maximum Gasteiger partial charge on any atom is 0.0668 e. The highest BCUT2D eigenvalue weighted by molar-refractivity contribution is 9.09. The summed E-state index contributed by atoms with van der Waals surface area (Å²) >= 11 is 5.82. The molecule has 2 atom stereocenters. The minimum atomic E-state index is 0.468. The summed E-state index contributed by atoms with van der Waals surface area (Å²) in [6.07, 6.45) is 7.37. The fourth-order valence-electron chi connectivity index (χ4n) is 2.89. The van der Waals surface area contributed by atoms with Crippen molar-refractivity contribution < 1.29 is 4.74 Å². The predicted octanol–water partition coefficient (Wildman–Crippen LogP) is 4.10. The largest absolute Gasteiger partial charge is 0.377 e. The molecule has 0 aromatic carbocycles. The molecule has 1 nitrogen and oxygen atoms in total. The molecule has 0 spiro atoms. The molecule has 2 fully saturated rings. The normalized spacial score (nSPS) is 34.5. The lowest BCUT2D eigenvalue weighted by Crippen LogP contribution is -2.34. The number of alkyl halides is 1. The van der Waals surface area contributed by atoms with E-state index in [1.165, 1.54) is 43.6 Å². The van der Waals surface area contributed by atoms with Crippen LogP contribution in [0.15, 0.2) is 0 Å². The molecular weight excluding hydrogens is 284 g/mol. The topological polar surface area (TPSA) is 9.23 Å². The van der Waals surface area contributed by atoms with E-state index in [-0.39, 0.29) is 0 Å². The van der Waals surface area contributed by atoms with Crippen molar-refractivity contribution in [1.29, 1.82) is 0 Å². The average Bonchev–Trinajstić information content (AvgIpc) is 3.06. The molecule has 2 rings (SSSR count). The molecule has 1 aliphatic carbocycles. The van der Waals surface area contributed by atoms with Gasteiger partial charge >= 0.3 is 0 Å². The van der Waals surface area contributed by atoms with Crippen molar-refractivity contribution >= 4 is 27.7 Å². The van der Waals surface area contributed by atoms with Crippen molar-refractivity contribution in [3.8, 4) is 0 Å². The van der Waals surface area contributed by atoms with Gasteiger partial charge < -0.3 is 4.74 Å². The molecular formula is C13H23BrOS. The first kappa shape index (κ1) is 13.2. The molecule has 0 radical (unpaired) electrons. The summed E-state index contributed by atoms with van der Waals surface area (Å²) in [5.41, 5.74) is 0.468. The highest BCUT2D eigenvalue weighted by Gasteiger charge is 2.49. The van der Waals surface area contributed by atoms with E-state index >= 15 is 0 Å². The fraction of sp³-hybridized carbons (Fsp3) is 1.00. The zero-order chi connectivity index (χ0) is 11.4. The Morgan fingerprint density at radius 3 is 2.88 bits per heavy atom. The Kier molecular flexibility index (Phi) is 5.05. The molecule has 16 heavy (non-hydrogen) atoms. The lowest BCUT2D eigenvalue weighted by molar-refractivity contribution is 0.0375. The number of hydrogen-bond acceptors (Lipinski definition) is 2. The lowest BCUT2D eigenvalue weighted by Gasteiger charge is -2.32. The van der Waals surface area contributed by atoms with Gasteiger partial charge in [0.25, 0.3) is 0 Å². The standard InChI is InChI=1S/C13H23BrOS/c1-2-16-9-3-6-13(10-14)7-8-15-12(13)11-4-5-11/h11-12H,2-10H2,1H3. The first-order valence-corrected chi connectivity index (χ1v) is 8.85. The summed E-state index contributed by atoms with van der Waals surface area (Å²) in [4.78, 5) is 0. The second kappa shape index (κ2) is 6.10. The van der Waals surface area contributed by atoms with Gasteiger partial charge in [-0.2, -0.15) is 11.8 Å². The third-order valence-electron chi connectivity index (χ3n) is 3.98. The summed E-state index contributed by atoms with van der Waals surface area (Å²) in [6, 6.07) is 0. The minimum absolute atomic E-state index is 0.468. The van der Waals surface area contributed by atoms with E-state index in [4.69, 9.17) is 4.74 Å². The molecule has 0 aromatic rings. The Balaban J connectivity index is 1.84. The van der Waals surface area contributed by atoms with Gasteiger partial charge in [-0.05, 0) is 49.5 Å². The van der Waals surface area contributed by atoms with Crippen LogP contribution in [-0.2, 0) is 4.74 Å². The maximum absolute atomic E-state index is 6.00. The fourth-order valence-corrected chi connectivity index (χ4v) is 4.41. The smallest absolute Gasteiger partial charge is 0.0668 e. The highest BCUT2D eigenvalue weighted by atomic mass is 79.9. The zero-order valence-electron chi connectivity index (χ0n) is 10.2. The van der Waals surface area contributed by atoms with Gasteiger partial charge in [-0.15, -0.1) is 0 Å². The van der Waals surface area contributed by atoms with Crippen LogP contribution >= 0.6 is 27.7 Å². The van der Waals surface area contributed by atoms with Gasteiger partial charge in [0.2, 0.25) is 0 Å². The second-order valence-electron chi connectivity index (χ2n) is 5.18. The summed E-state index contributed by atoms with van der Waals surface area (Å²) in [6.45, 7) is 3.24. The molecule has 3 heteroatoms. The number of thioether (sulfide) groups is 1. The van der Waals surface area contributed by atoms with Crippen molar-refractivity contribution in [1.82, 2.24) is 0 Å². The summed E-state index contributed by atoms with van der Waals surface area (Å²) in [7, 11) is 0. The number of rotatable bonds is 7. The molecule has 2 unspecified atom stereocenters. The Morgan fingerprint density at radius 1 is 1.44 bits per heavy atom. The van der Waals surface area contributed by atoms with E-state index in [0.29, 0.717) is 11.5 Å². The van der Waals surface area contributed by atoms with E-state index < -0.39 is 0 Å². The van der Waals surface area contributed by atoms with Crippen molar-refractivity contribution in [3.63, 3.8) is 0 Å². The SMILES string of the molecule is CCSCCCC1(CBr)CCOC1C1CC1. The van der Waals surface area contributed by atoms with Crippen molar-refractivity contribution in [2.45, 2.75) is 45.1 Å². The van der Waals surface area contributed by atoms with Crippen LogP contribution in [0.5, 0.6) is 0 Å². The minimum Gasteiger partial charge on any atom is -0.377 e. The van der Waals surface area contributed by atoms with E-state index in [1.807, 2.05) is 0 Å². The van der Waals surface area contributed by atoms with Gasteiger partial charge in [0.05, 0.1) is 6.10 Å².